The fourth-order valence-corrected chi connectivity index (χ4v) is 4.95. The van der Waals surface area contributed by atoms with E-state index in [1.165, 1.54) is 0 Å². The number of hydrogen-bond acceptors (Lipinski definition) is 6. The summed E-state index contributed by atoms with van der Waals surface area (Å²) in [6.45, 7) is 8.38. The lowest BCUT2D eigenvalue weighted by molar-refractivity contribution is -0.119. The van der Waals surface area contributed by atoms with E-state index in [4.69, 9.17) is 10.3 Å². The Morgan fingerprint density at radius 3 is 2.50 bits per heavy atom. The molecule has 0 aliphatic heterocycles. The number of nitrogens with zero attached hydrogens (tertiary/aromatic N) is 4. The van der Waals surface area contributed by atoms with Crippen molar-refractivity contribution in [1.29, 1.82) is 0 Å². The minimum Gasteiger partial charge on any atom is -0.364 e. The third kappa shape index (κ3) is 4.73. The average Bonchev–Trinajstić information content (AvgIpc) is 3.39. The first-order valence-electron chi connectivity index (χ1n) is 11.9. The number of nitrogens with one attached hydrogen (secondary N) is 1. The maximum atomic E-state index is 13.6. The number of rotatable bonds is 7. The molecule has 0 saturated heterocycles. The zero-order chi connectivity index (χ0) is 24.4. The molecule has 1 aliphatic rings. The SMILES string of the molecule is CCn1nc(C(C(=O)Nc2ccc(-c3c(C)noc3C)cn2)C2CCC(C)CC2)cc1C(N)=O. The Morgan fingerprint density at radius 1 is 1.24 bits per heavy atom. The number of carbonyl (C=O) groups is 2. The standard InChI is InChI=1S/C25H32N6O3/c1-5-31-20(24(26)32)12-19(29-31)23(17-8-6-14(2)7-9-17)25(33)28-21-11-10-18(13-27-21)22-15(3)30-34-16(22)4/h10-14,17,23H,5-9H2,1-4H3,(H2,26,32)(H,27,28,33). The number of carbonyl (C=O) groups excluding carboxylic acids is 2. The summed E-state index contributed by atoms with van der Waals surface area (Å²) in [5.41, 5.74) is 9.03. The van der Waals surface area contributed by atoms with Gasteiger partial charge < -0.3 is 15.6 Å². The van der Waals surface area contributed by atoms with Gasteiger partial charge in [0, 0.05) is 23.9 Å². The molecule has 0 spiro atoms. The molecule has 1 aliphatic carbocycles. The monoisotopic (exact) mass is 464 g/mol. The van der Waals surface area contributed by atoms with Gasteiger partial charge in [0.25, 0.3) is 5.91 Å². The van der Waals surface area contributed by atoms with E-state index >= 15 is 0 Å². The summed E-state index contributed by atoms with van der Waals surface area (Å²) < 4.78 is 6.82. The van der Waals surface area contributed by atoms with Crippen LogP contribution in [0.1, 0.15) is 73.1 Å². The largest absolute Gasteiger partial charge is 0.364 e. The Labute approximate surface area is 199 Å². The van der Waals surface area contributed by atoms with E-state index < -0.39 is 11.8 Å². The molecule has 3 N–H and O–H groups in total. The predicted molar refractivity (Wildman–Crippen MR) is 128 cm³/mol. The Balaban J connectivity index is 1.60. The van der Waals surface area contributed by atoms with Crippen LogP contribution >= 0.6 is 0 Å². The normalized spacial score (nSPS) is 19.1. The van der Waals surface area contributed by atoms with E-state index in [2.05, 4.69) is 27.5 Å². The molecule has 1 atom stereocenters. The van der Waals surface area contributed by atoms with E-state index in [0.29, 0.717) is 29.7 Å². The van der Waals surface area contributed by atoms with Gasteiger partial charge in [-0.1, -0.05) is 24.9 Å². The molecule has 2 amide bonds. The fourth-order valence-electron chi connectivity index (χ4n) is 4.95. The summed E-state index contributed by atoms with van der Waals surface area (Å²) in [6, 6.07) is 5.34. The van der Waals surface area contributed by atoms with Crippen molar-refractivity contribution < 1.29 is 14.1 Å². The lowest BCUT2D eigenvalue weighted by atomic mass is 9.75. The number of anilines is 1. The third-order valence-corrected chi connectivity index (χ3v) is 6.82. The second-order valence-corrected chi connectivity index (χ2v) is 9.25. The van der Waals surface area contributed by atoms with Gasteiger partial charge in [0.1, 0.15) is 17.3 Å². The molecule has 4 rings (SSSR count). The van der Waals surface area contributed by atoms with Crippen LogP contribution in [0.25, 0.3) is 11.1 Å². The molecule has 0 radical (unpaired) electrons. The van der Waals surface area contributed by atoms with Crippen molar-refractivity contribution in [3.63, 3.8) is 0 Å². The first-order chi connectivity index (χ1) is 16.3. The van der Waals surface area contributed by atoms with Crippen LogP contribution in [0, 0.1) is 25.7 Å². The minimum atomic E-state index is -0.548. The summed E-state index contributed by atoms with van der Waals surface area (Å²) in [5, 5.41) is 11.6. The van der Waals surface area contributed by atoms with Crippen molar-refractivity contribution in [2.24, 2.45) is 17.6 Å². The van der Waals surface area contributed by atoms with Gasteiger partial charge in [0.05, 0.1) is 17.3 Å². The number of nitrogens with two attached hydrogens (primary N) is 1. The summed E-state index contributed by atoms with van der Waals surface area (Å²) >= 11 is 0. The number of pyridine rings is 1. The van der Waals surface area contributed by atoms with Gasteiger partial charge in [-0.15, -0.1) is 0 Å². The van der Waals surface area contributed by atoms with E-state index in [1.54, 1.807) is 23.0 Å². The Kier molecular flexibility index (Phi) is 6.81. The predicted octanol–water partition coefficient (Wildman–Crippen LogP) is 4.22. The van der Waals surface area contributed by atoms with Crippen molar-refractivity contribution in [3.8, 4) is 11.1 Å². The fraction of sp³-hybridized carbons (Fsp3) is 0.480. The molecule has 9 heteroatoms. The Bertz CT molecular complexity index is 1150. The number of hydrogen-bond donors (Lipinski definition) is 2. The van der Waals surface area contributed by atoms with Gasteiger partial charge in [0.2, 0.25) is 5.91 Å². The van der Waals surface area contributed by atoms with Crippen molar-refractivity contribution in [3.05, 3.63) is 47.2 Å². The zero-order valence-electron chi connectivity index (χ0n) is 20.2. The molecule has 180 valence electrons. The minimum absolute atomic E-state index is 0.138. The van der Waals surface area contributed by atoms with Crippen LogP contribution < -0.4 is 11.1 Å². The van der Waals surface area contributed by atoms with E-state index in [9.17, 15) is 9.59 Å². The molecule has 0 aromatic carbocycles. The molecule has 0 bridgehead atoms. The first-order valence-corrected chi connectivity index (χ1v) is 11.9. The molecule has 9 nitrogen and oxygen atoms in total. The first kappa shape index (κ1) is 23.7. The van der Waals surface area contributed by atoms with Crippen molar-refractivity contribution in [2.75, 3.05) is 5.32 Å². The molecular formula is C25H32N6O3. The Hall–Kier alpha value is -3.49. The highest BCUT2D eigenvalue weighted by atomic mass is 16.5. The number of amides is 2. The molecule has 34 heavy (non-hydrogen) atoms. The van der Waals surface area contributed by atoms with Gasteiger partial charge in [-0.3, -0.25) is 14.3 Å². The smallest absolute Gasteiger partial charge is 0.266 e. The van der Waals surface area contributed by atoms with Crippen LogP contribution in [-0.4, -0.2) is 31.7 Å². The van der Waals surface area contributed by atoms with Gasteiger partial charge in [-0.05, 0) is 63.6 Å². The molecule has 1 fully saturated rings. The highest BCUT2D eigenvalue weighted by Crippen LogP contribution is 2.38. The van der Waals surface area contributed by atoms with Gasteiger partial charge in [0.15, 0.2) is 0 Å². The summed E-state index contributed by atoms with van der Waals surface area (Å²) in [5.74, 6) is 0.760. The lowest BCUT2D eigenvalue weighted by Crippen LogP contribution is -2.30. The van der Waals surface area contributed by atoms with Crippen molar-refractivity contribution in [1.82, 2.24) is 19.9 Å². The lowest BCUT2D eigenvalue weighted by Gasteiger charge is -2.31. The third-order valence-electron chi connectivity index (χ3n) is 6.82. The van der Waals surface area contributed by atoms with Gasteiger partial charge >= 0.3 is 0 Å². The maximum absolute atomic E-state index is 13.6. The van der Waals surface area contributed by atoms with Gasteiger partial charge in [-0.25, -0.2) is 4.98 Å². The van der Waals surface area contributed by atoms with Crippen molar-refractivity contribution in [2.45, 2.75) is 65.8 Å². The number of aryl methyl sites for hydroxylation is 3. The highest BCUT2D eigenvalue weighted by molar-refractivity contribution is 5.96. The molecule has 3 aromatic heterocycles. The summed E-state index contributed by atoms with van der Waals surface area (Å²) in [6.07, 6.45) is 5.70. The summed E-state index contributed by atoms with van der Waals surface area (Å²) in [7, 11) is 0. The number of primary amides is 1. The zero-order valence-corrected chi connectivity index (χ0v) is 20.2. The van der Waals surface area contributed by atoms with Crippen LogP contribution in [0.2, 0.25) is 0 Å². The van der Waals surface area contributed by atoms with Crippen LogP contribution in [0.4, 0.5) is 5.82 Å². The molecule has 3 heterocycles. The quantitative estimate of drug-likeness (QED) is 0.539. The molecular weight excluding hydrogens is 432 g/mol. The van der Waals surface area contributed by atoms with Crippen LogP contribution in [0.15, 0.2) is 28.9 Å². The van der Waals surface area contributed by atoms with Gasteiger partial charge in [-0.2, -0.15) is 5.10 Å². The summed E-state index contributed by atoms with van der Waals surface area (Å²) in [4.78, 5) is 29.9. The second kappa shape index (κ2) is 9.79. The average molecular weight is 465 g/mol. The highest BCUT2D eigenvalue weighted by Gasteiger charge is 2.35. The van der Waals surface area contributed by atoms with Crippen molar-refractivity contribution >= 4 is 17.6 Å². The van der Waals surface area contributed by atoms with E-state index in [0.717, 1.165) is 48.3 Å². The maximum Gasteiger partial charge on any atom is 0.266 e. The molecule has 1 unspecified atom stereocenters. The topological polar surface area (TPSA) is 129 Å². The Morgan fingerprint density at radius 2 is 1.97 bits per heavy atom. The van der Waals surface area contributed by atoms with Crippen LogP contribution in [0.5, 0.6) is 0 Å². The molecule has 3 aromatic rings. The van der Waals surface area contributed by atoms with E-state index in [-0.39, 0.29) is 11.8 Å². The van der Waals surface area contributed by atoms with Crippen LogP contribution in [0.3, 0.4) is 0 Å². The second-order valence-electron chi connectivity index (χ2n) is 9.25. The molecule has 1 saturated carbocycles. The number of aromatic nitrogens is 4. The van der Waals surface area contributed by atoms with E-state index in [1.807, 2.05) is 26.8 Å². The van der Waals surface area contributed by atoms with Crippen LogP contribution in [-0.2, 0) is 11.3 Å².